The summed E-state index contributed by atoms with van der Waals surface area (Å²) in [6, 6.07) is 23.3. The SMILES string of the molecule is OC(Cc1cccs1)c1ccc(N2CCN(CCc3ccccc3)CC2)cc1. The summed E-state index contributed by atoms with van der Waals surface area (Å²) in [5, 5.41) is 12.5. The molecule has 1 N–H and O–H groups in total. The van der Waals surface area contributed by atoms with Crippen LogP contribution in [0.2, 0.25) is 0 Å². The number of aliphatic hydroxyl groups excluding tert-OH is 1. The second-order valence-electron chi connectivity index (χ2n) is 7.46. The van der Waals surface area contributed by atoms with Crippen LogP contribution in [0.1, 0.15) is 22.1 Å². The minimum absolute atomic E-state index is 0.428. The number of thiophene rings is 1. The standard InChI is InChI=1S/C24H28N2OS/c27-24(19-23-7-4-18-28-23)21-8-10-22(11-9-21)26-16-14-25(15-17-26)13-12-20-5-2-1-3-6-20/h1-11,18,24,27H,12-17,19H2. The van der Waals surface area contributed by atoms with E-state index in [-0.39, 0.29) is 0 Å². The summed E-state index contributed by atoms with van der Waals surface area (Å²) in [7, 11) is 0. The molecule has 1 unspecified atom stereocenters. The highest BCUT2D eigenvalue weighted by molar-refractivity contribution is 7.09. The van der Waals surface area contributed by atoms with Crippen molar-refractivity contribution >= 4 is 17.0 Å². The molecule has 28 heavy (non-hydrogen) atoms. The third kappa shape index (κ3) is 5.02. The van der Waals surface area contributed by atoms with E-state index in [2.05, 4.69) is 75.8 Å². The normalized spacial score (nSPS) is 16.2. The molecule has 1 atom stereocenters. The van der Waals surface area contributed by atoms with Gasteiger partial charge < -0.3 is 10.0 Å². The zero-order valence-corrected chi connectivity index (χ0v) is 17.0. The van der Waals surface area contributed by atoms with Crippen LogP contribution in [-0.2, 0) is 12.8 Å². The maximum absolute atomic E-state index is 10.5. The Kier molecular flexibility index (Phi) is 6.42. The van der Waals surface area contributed by atoms with E-state index >= 15 is 0 Å². The predicted octanol–water partition coefficient (Wildman–Crippen LogP) is 4.39. The first-order valence-electron chi connectivity index (χ1n) is 10.1. The van der Waals surface area contributed by atoms with Gasteiger partial charge in [-0.2, -0.15) is 0 Å². The number of hydrogen-bond acceptors (Lipinski definition) is 4. The van der Waals surface area contributed by atoms with Crippen LogP contribution in [0.15, 0.2) is 72.1 Å². The van der Waals surface area contributed by atoms with Crippen LogP contribution in [0, 0.1) is 0 Å². The second-order valence-corrected chi connectivity index (χ2v) is 8.49. The van der Waals surface area contributed by atoms with Crippen LogP contribution in [0.5, 0.6) is 0 Å². The Balaban J connectivity index is 1.26. The highest BCUT2D eigenvalue weighted by Gasteiger charge is 2.17. The molecule has 146 valence electrons. The fourth-order valence-electron chi connectivity index (χ4n) is 3.81. The number of rotatable bonds is 7. The minimum Gasteiger partial charge on any atom is -0.388 e. The molecule has 2 heterocycles. The first kappa shape index (κ1) is 19.2. The number of aliphatic hydroxyl groups is 1. The second kappa shape index (κ2) is 9.37. The van der Waals surface area contributed by atoms with Gasteiger partial charge in [-0.25, -0.2) is 0 Å². The molecule has 0 bridgehead atoms. The molecule has 0 aliphatic carbocycles. The summed E-state index contributed by atoms with van der Waals surface area (Å²) in [4.78, 5) is 6.24. The van der Waals surface area contributed by atoms with Crippen LogP contribution >= 0.6 is 11.3 Å². The Labute approximate surface area is 171 Å². The average molecular weight is 393 g/mol. The van der Waals surface area contributed by atoms with E-state index in [0.717, 1.165) is 44.7 Å². The van der Waals surface area contributed by atoms with Crippen LogP contribution in [0.4, 0.5) is 5.69 Å². The lowest BCUT2D eigenvalue weighted by Gasteiger charge is -2.36. The molecule has 1 aliphatic rings. The van der Waals surface area contributed by atoms with E-state index in [4.69, 9.17) is 0 Å². The number of hydrogen-bond donors (Lipinski definition) is 1. The lowest BCUT2D eigenvalue weighted by Crippen LogP contribution is -2.47. The van der Waals surface area contributed by atoms with Gasteiger partial charge in [0, 0.05) is 49.7 Å². The highest BCUT2D eigenvalue weighted by Crippen LogP contribution is 2.24. The zero-order valence-electron chi connectivity index (χ0n) is 16.2. The maximum Gasteiger partial charge on any atom is 0.0838 e. The molecule has 0 saturated carbocycles. The van der Waals surface area contributed by atoms with Gasteiger partial charge in [-0.1, -0.05) is 48.5 Å². The van der Waals surface area contributed by atoms with Gasteiger partial charge in [0.1, 0.15) is 0 Å². The van der Waals surface area contributed by atoms with Crippen molar-refractivity contribution in [2.24, 2.45) is 0 Å². The molecule has 4 rings (SSSR count). The number of anilines is 1. The van der Waals surface area contributed by atoms with Gasteiger partial charge in [0.2, 0.25) is 0 Å². The maximum atomic E-state index is 10.5. The molecule has 1 saturated heterocycles. The molecule has 0 spiro atoms. The summed E-state index contributed by atoms with van der Waals surface area (Å²) >= 11 is 1.70. The van der Waals surface area contributed by atoms with Crippen LogP contribution in [0.25, 0.3) is 0 Å². The Hall–Kier alpha value is -2.14. The Morgan fingerprint density at radius 3 is 2.29 bits per heavy atom. The Bertz CT molecular complexity index is 825. The Morgan fingerprint density at radius 1 is 0.857 bits per heavy atom. The van der Waals surface area contributed by atoms with Crippen molar-refractivity contribution in [3.63, 3.8) is 0 Å². The highest BCUT2D eigenvalue weighted by atomic mass is 32.1. The molecule has 3 nitrogen and oxygen atoms in total. The molecule has 0 radical (unpaired) electrons. The quantitative estimate of drug-likeness (QED) is 0.646. The van der Waals surface area contributed by atoms with Crippen molar-refractivity contribution in [3.05, 3.63) is 88.1 Å². The summed E-state index contributed by atoms with van der Waals surface area (Å²) in [5.41, 5.74) is 3.68. The monoisotopic (exact) mass is 392 g/mol. The smallest absolute Gasteiger partial charge is 0.0838 e. The molecule has 0 amide bonds. The van der Waals surface area contributed by atoms with E-state index in [1.807, 2.05) is 6.07 Å². The third-order valence-electron chi connectivity index (χ3n) is 5.55. The topological polar surface area (TPSA) is 26.7 Å². The van der Waals surface area contributed by atoms with E-state index in [1.165, 1.54) is 16.1 Å². The molecular formula is C24H28N2OS. The summed E-state index contributed by atoms with van der Waals surface area (Å²) in [6.07, 6.45) is 1.39. The summed E-state index contributed by atoms with van der Waals surface area (Å²) < 4.78 is 0. The first-order chi connectivity index (χ1) is 13.8. The minimum atomic E-state index is -0.428. The number of nitrogens with zero attached hydrogens (tertiary/aromatic N) is 2. The molecule has 1 aromatic heterocycles. The van der Waals surface area contributed by atoms with Gasteiger partial charge in [-0.15, -0.1) is 11.3 Å². The van der Waals surface area contributed by atoms with Gasteiger partial charge in [0.05, 0.1) is 6.10 Å². The molecule has 1 fully saturated rings. The number of benzene rings is 2. The van der Waals surface area contributed by atoms with Gasteiger partial charge in [0.15, 0.2) is 0 Å². The molecule has 3 aromatic rings. The van der Waals surface area contributed by atoms with Gasteiger partial charge in [0.25, 0.3) is 0 Å². The van der Waals surface area contributed by atoms with Crippen molar-refractivity contribution < 1.29 is 5.11 Å². The third-order valence-corrected chi connectivity index (χ3v) is 6.45. The van der Waals surface area contributed by atoms with Gasteiger partial charge in [-0.3, -0.25) is 4.90 Å². The summed E-state index contributed by atoms with van der Waals surface area (Å²) in [5.74, 6) is 0. The first-order valence-corrected chi connectivity index (χ1v) is 11.0. The van der Waals surface area contributed by atoms with Crippen molar-refractivity contribution in [3.8, 4) is 0 Å². The molecule has 2 aromatic carbocycles. The molecule has 1 aliphatic heterocycles. The van der Waals surface area contributed by atoms with Crippen molar-refractivity contribution in [1.82, 2.24) is 4.90 Å². The molecular weight excluding hydrogens is 364 g/mol. The van der Waals surface area contributed by atoms with Crippen LogP contribution < -0.4 is 4.90 Å². The zero-order chi connectivity index (χ0) is 19.2. The number of piperazine rings is 1. The van der Waals surface area contributed by atoms with Crippen molar-refractivity contribution in [2.45, 2.75) is 18.9 Å². The lowest BCUT2D eigenvalue weighted by molar-refractivity contribution is 0.179. The fourth-order valence-corrected chi connectivity index (χ4v) is 4.55. The van der Waals surface area contributed by atoms with E-state index < -0.39 is 6.10 Å². The van der Waals surface area contributed by atoms with Crippen LogP contribution in [0.3, 0.4) is 0 Å². The van der Waals surface area contributed by atoms with E-state index in [1.54, 1.807) is 11.3 Å². The van der Waals surface area contributed by atoms with Crippen LogP contribution in [-0.4, -0.2) is 42.7 Å². The van der Waals surface area contributed by atoms with Crippen molar-refractivity contribution in [1.29, 1.82) is 0 Å². The largest absolute Gasteiger partial charge is 0.388 e. The lowest BCUT2D eigenvalue weighted by atomic mass is 10.0. The van der Waals surface area contributed by atoms with Gasteiger partial charge >= 0.3 is 0 Å². The molecule has 4 heteroatoms. The van der Waals surface area contributed by atoms with E-state index in [9.17, 15) is 5.11 Å². The van der Waals surface area contributed by atoms with Gasteiger partial charge in [-0.05, 0) is 41.1 Å². The van der Waals surface area contributed by atoms with Crippen molar-refractivity contribution in [2.75, 3.05) is 37.6 Å². The Morgan fingerprint density at radius 2 is 1.61 bits per heavy atom. The predicted molar refractivity (Wildman–Crippen MR) is 118 cm³/mol. The fraction of sp³-hybridized carbons (Fsp3) is 0.333. The van der Waals surface area contributed by atoms with E-state index in [0.29, 0.717) is 6.42 Å². The average Bonchev–Trinajstić information content (AvgIpc) is 3.26. The summed E-state index contributed by atoms with van der Waals surface area (Å²) in [6.45, 7) is 5.47.